The summed E-state index contributed by atoms with van der Waals surface area (Å²) >= 11 is 5.90. The van der Waals surface area contributed by atoms with Crippen molar-refractivity contribution >= 4 is 23.4 Å². The molecule has 0 radical (unpaired) electrons. The molecule has 1 aromatic rings. The molecule has 1 atom stereocenters. The van der Waals surface area contributed by atoms with Gasteiger partial charge in [0.05, 0.1) is 5.54 Å². The molecule has 0 spiro atoms. The van der Waals surface area contributed by atoms with Gasteiger partial charge in [-0.25, -0.2) is 13.6 Å². The van der Waals surface area contributed by atoms with Crippen molar-refractivity contribution < 1.29 is 18.3 Å². The number of hydrogen-bond acceptors (Lipinski definition) is 3. The summed E-state index contributed by atoms with van der Waals surface area (Å²) in [7, 11) is 0. The van der Waals surface area contributed by atoms with E-state index < -0.39 is 23.7 Å². The first-order valence-electron chi connectivity index (χ1n) is 6.76. The highest BCUT2D eigenvalue weighted by molar-refractivity contribution is 6.31. The van der Waals surface area contributed by atoms with Crippen LogP contribution in [-0.4, -0.2) is 23.7 Å². The Balaban J connectivity index is 2.99. The lowest BCUT2D eigenvalue weighted by Crippen LogP contribution is -2.46. The van der Waals surface area contributed by atoms with E-state index >= 15 is 0 Å². The Bertz CT molecular complexity index is 543. The van der Waals surface area contributed by atoms with Gasteiger partial charge < -0.3 is 10.5 Å². The molecule has 0 bridgehead atoms. The number of alkyl halides is 2. The molecule has 0 saturated carbocycles. The lowest BCUT2D eigenvalue weighted by molar-refractivity contribution is 0.0631. The van der Waals surface area contributed by atoms with Crippen LogP contribution in [0.25, 0.3) is 0 Å². The molecular formula is C15H21ClF2N2O2. The number of ether oxygens (including phenoxy) is 1. The Kier molecular flexibility index (Phi) is 5.76. The van der Waals surface area contributed by atoms with Gasteiger partial charge in [0.25, 0.3) is 6.43 Å². The maximum atomic E-state index is 12.9. The maximum Gasteiger partial charge on any atom is 0.412 e. The fourth-order valence-electron chi connectivity index (χ4n) is 1.72. The first-order valence-corrected chi connectivity index (χ1v) is 7.14. The Hall–Kier alpha value is -1.40. The van der Waals surface area contributed by atoms with Crippen molar-refractivity contribution in [1.29, 1.82) is 0 Å². The van der Waals surface area contributed by atoms with Crippen molar-refractivity contribution in [1.82, 2.24) is 0 Å². The Morgan fingerprint density at radius 3 is 2.45 bits per heavy atom. The van der Waals surface area contributed by atoms with Crippen molar-refractivity contribution in [2.24, 2.45) is 5.73 Å². The van der Waals surface area contributed by atoms with Gasteiger partial charge in [0, 0.05) is 10.7 Å². The number of carbonyl (C=O) groups is 1. The van der Waals surface area contributed by atoms with Crippen molar-refractivity contribution in [3.8, 4) is 0 Å². The third-order valence-corrected chi connectivity index (χ3v) is 3.01. The molecule has 0 aliphatic rings. The van der Waals surface area contributed by atoms with Crippen LogP contribution >= 0.6 is 11.6 Å². The first-order chi connectivity index (χ1) is 9.90. The van der Waals surface area contributed by atoms with E-state index in [4.69, 9.17) is 22.1 Å². The third-order valence-electron chi connectivity index (χ3n) is 2.78. The van der Waals surface area contributed by atoms with Crippen LogP contribution in [0.3, 0.4) is 0 Å². The Labute approximate surface area is 134 Å². The van der Waals surface area contributed by atoms with E-state index in [0.717, 1.165) is 0 Å². The molecule has 1 aromatic carbocycles. The topological polar surface area (TPSA) is 64.3 Å². The van der Waals surface area contributed by atoms with Crippen LogP contribution in [0.5, 0.6) is 0 Å². The van der Waals surface area contributed by atoms with E-state index in [0.29, 0.717) is 16.3 Å². The molecular weight excluding hydrogens is 314 g/mol. The molecule has 4 nitrogen and oxygen atoms in total. The number of carbonyl (C=O) groups excluding carboxylic acids is 1. The minimum atomic E-state index is -2.70. The number of rotatable bonds is 4. The second-order valence-corrected chi connectivity index (χ2v) is 6.85. The van der Waals surface area contributed by atoms with E-state index in [-0.39, 0.29) is 6.42 Å². The van der Waals surface area contributed by atoms with Crippen LogP contribution in [0.1, 0.15) is 33.3 Å². The average Bonchev–Trinajstić information content (AvgIpc) is 2.29. The van der Waals surface area contributed by atoms with Gasteiger partial charge in [0.2, 0.25) is 0 Å². The highest BCUT2D eigenvalue weighted by Crippen LogP contribution is 2.27. The lowest BCUT2D eigenvalue weighted by Gasteiger charge is -2.25. The molecule has 0 saturated heterocycles. The monoisotopic (exact) mass is 334 g/mol. The predicted molar refractivity (Wildman–Crippen MR) is 83.6 cm³/mol. The number of benzene rings is 1. The molecule has 0 aliphatic heterocycles. The zero-order valence-corrected chi connectivity index (χ0v) is 13.8. The van der Waals surface area contributed by atoms with Gasteiger partial charge in [-0.2, -0.15) is 0 Å². The Morgan fingerprint density at radius 1 is 1.36 bits per heavy atom. The summed E-state index contributed by atoms with van der Waals surface area (Å²) in [6.45, 7) is 6.42. The van der Waals surface area contributed by atoms with Gasteiger partial charge in [-0.05, 0) is 51.8 Å². The molecule has 0 aliphatic carbocycles. The molecule has 7 heteroatoms. The predicted octanol–water partition coefficient (Wildman–Crippen LogP) is 4.21. The number of nitrogens with two attached hydrogens (primary N) is 1. The largest absolute Gasteiger partial charge is 0.444 e. The highest BCUT2D eigenvalue weighted by atomic mass is 35.5. The summed E-state index contributed by atoms with van der Waals surface area (Å²) in [4.78, 5) is 11.8. The van der Waals surface area contributed by atoms with Gasteiger partial charge in [-0.15, -0.1) is 0 Å². The number of halogens is 3. The van der Waals surface area contributed by atoms with Crippen LogP contribution in [0, 0.1) is 0 Å². The van der Waals surface area contributed by atoms with Gasteiger partial charge in [0.15, 0.2) is 0 Å². The zero-order valence-electron chi connectivity index (χ0n) is 13.0. The van der Waals surface area contributed by atoms with E-state index in [9.17, 15) is 13.6 Å². The van der Waals surface area contributed by atoms with Gasteiger partial charge in [-0.1, -0.05) is 17.7 Å². The molecule has 22 heavy (non-hydrogen) atoms. The van der Waals surface area contributed by atoms with E-state index in [1.165, 1.54) is 13.0 Å². The van der Waals surface area contributed by atoms with Crippen molar-refractivity contribution in [3.05, 3.63) is 28.8 Å². The molecule has 3 N–H and O–H groups in total. The normalized spacial score (nSPS) is 14.6. The van der Waals surface area contributed by atoms with E-state index in [1.54, 1.807) is 32.9 Å². The minimum absolute atomic E-state index is 0.118. The van der Waals surface area contributed by atoms with Crippen molar-refractivity contribution in [3.63, 3.8) is 0 Å². The summed E-state index contributed by atoms with van der Waals surface area (Å²) in [5.74, 6) is 0. The quantitative estimate of drug-likeness (QED) is 0.866. The van der Waals surface area contributed by atoms with Crippen LogP contribution < -0.4 is 11.1 Å². The second-order valence-electron chi connectivity index (χ2n) is 6.41. The smallest absolute Gasteiger partial charge is 0.412 e. The maximum absolute atomic E-state index is 12.9. The number of amides is 1. The standard InChI is InChI=1S/C15H21ClF2N2O2/c1-14(2,3)22-13(21)20-11-7-10(16)6-5-9(11)8-15(4,19)12(17)18/h5-7,12H,8,19H2,1-4H3,(H,20,21). The molecule has 1 amide bonds. The number of anilines is 1. The number of hydrogen-bond donors (Lipinski definition) is 2. The van der Waals surface area contributed by atoms with Gasteiger partial charge >= 0.3 is 6.09 Å². The molecule has 1 unspecified atom stereocenters. The van der Waals surface area contributed by atoms with Crippen molar-refractivity contribution in [2.45, 2.75) is 51.7 Å². The van der Waals surface area contributed by atoms with E-state index in [1.807, 2.05) is 0 Å². The summed E-state index contributed by atoms with van der Waals surface area (Å²) in [5, 5.41) is 2.89. The fraction of sp³-hybridized carbons (Fsp3) is 0.533. The third kappa shape index (κ3) is 5.77. The van der Waals surface area contributed by atoms with Crippen molar-refractivity contribution in [2.75, 3.05) is 5.32 Å². The lowest BCUT2D eigenvalue weighted by atomic mass is 9.93. The average molecular weight is 335 g/mol. The second kappa shape index (κ2) is 6.79. The Morgan fingerprint density at radius 2 is 1.95 bits per heavy atom. The first kappa shape index (κ1) is 18.6. The SMILES string of the molecule is CC(C)(C)OC(=O)Nc1cc(Cl)ccc1CC(C)(N)C(F)F. The molecule has 0 aromatic heterocycles. The van der Waals surface area contributed by atoms with Crippen LogP contribution in [0.2, 0.25) is 5.02 Å². The highest BCUT2D eigenvalue weighted by Gasteiger charge is 2.31. The fourth-order valence-corrected chi connectivity index (χ4v) is 1.89. The summed E-state index contributed by atoms with van der Waals surface area (Å²) in [6.07, 6.45) is -3.50. The molecule has 0 heterocycles. The van der Waals surface area contributed by atoms with Crippen LogP contribution in [-0.2, 0) is 11.2 Å². The van der Waals surface area contributed by atoms with Crippen LogP contribution in [0.4, 0.5) is 19.3 Å². The molecule has 1 rings (SSSR count). The van der Waals surface area contributed by atoms with Crippen LogP contribution in [0.15, 0.2) is 18.2 Å². The summed E-state index contributed by atoms with van der Waals surface area (Å²) in [6, 6.07) is 4.59. The molecule has 124 valence electrons. The summed E-state index contributed by atoms with van der Waals surface area (Å²) < 4.78 is 31.0. The molecule has 0 fully saturated rings. The number of nitrogens with one attached hydrogen (secondary N) is 1. The summed E-state index contributed by atoms with van der Waals surface area (Å²) in [5.41, 5.74) is 3.99. The van der Waals surface area contributed by atoms with Gasteiger partial charge in [-0.3, -0.25) is 5.32 Å². The zero-order chi connectivity index (χ0) is 17.1. The van der Waals surface area contributed by atoms with E-state index in [2.05, 4.69) is 5.32 Å². The minimum Gasteiger partial charge on any atom is -0.444 e. The van der Waals surface area contributed by atoms with Gasteiger partial charge in [0.1, 0.15) is 5.60 Å².